The first-order valence-electron chi connectivity index (χ1n) is 8.21. The number of aromatic amines is 1. The van der Waals surface area contributed by atoms with Crippen LogP contribution in [0.5, 0.6) is 0 Å². The number of aryl methyl sites for hydroxylation is 1. The van der Waals surface area contributed by atoms with Crippen LogP contribution in [0, 0.1) is 5.82 Å². The summed E-state index contributed by atoms with van der Waals surface area (Å²) in [7, 11) is 0. The smallest absolute Gasteiger partial charge is 0.251 e. The van der Waals surface area contributed by atoms with Gasteiger partial charge in [0.2, 0.25) is 0 Å². The molecule has 1 aliphatic heterocycles. The second kappa shape index (κ2) is 7.04. The van der Waals surface area contributed by atoms with Crippen molar-refractivity contribution >= 4 is 0 Å². The lowest BCUT2D eigenvalue weighted by atomic mass is 9.96. The van der Waals surface area contributed by atoms with Crippen LogP contribution in [0.2, 0.25) is 0 Å². The highest BCUT2D eigenvalue weighted by Crippen LogP contribution is 2.25. The van der Waals surface area contributed by atoms with Gasteiger partial charge in [0.15, 0.2) is 0 Å². The molecule has 2 aromatic rings. The third-order valence-corrected chi connectivity index (χ3v) is 4.36. The SMILES string of the molecule is CCc1cc(=O)[nH]c(C2CCCN(Cc3cccc(F)c3)C2)n1. The Balaban J connectivity index is 1.73. The van der Waals surface area contributed by atoms with Crippen molar-refractivity contribution in [1.82, 2.24) is 14.9 Å². The number of piperidine rings is 1. The number of rotatable bonds is 4. The molecule has 1 N–H and O–H groups in total. The molecule has 1 atom stereocenters. The molecule has 1 fully saturated rings. The molecule has 2 heterocycles. The lowest BCUT2D eigenvalue weighted by molar-refractivity contribution is 0.196. The minimum atomic E-state index is -0.197. The fraction of sp³-hybridized carbons (Fsp3) is 0.444. The van der Waals surface area contributed by atoms with Gasteiger partial charge >= 0.3 is 0 Å². The molecule has 0 spiro atoms. The Labute approximate surface area is 135 Å². The van der Waals surface area contributed by atoms with Gasteiger partial charge in [-0.05, 0) is 43.5 Å². The topological polar surface area (TPSA) is 49.0 Å². The predicted molar refractivity (Wildman–Crippen MR) is 87.9 cm³/mol. The minimum absolute atomic E-state index is 0.0749. The third-order valence-electron chi connectivity index (χ3n) is 4.36. The Hall–Kier alpha value is -2.01. The Morgan fingerprint density at radius 2 is 2.26 bits per heavy atom. The van der Waals surface area contributed by atoms with Gasteiger partial charge < -0.3 is 4.98 Å². The first kappa shape index (κ1) is 15.9. The van der Waals surface area contributed by atoms with Gasteiger partial charge in [-0.3, -0.25) is 9.69 Å². The lowest BCUT2D eigenvalue weighted by Crippen LogP contribution is -2.35. The van der Waals surface area contributed by atoms with Crippen LogP contribution in [0.3, 0.4) is 0 Å². The number of nitrogens with one attached hydrogen (secondary N) is 1. The second-order valence-corrected chi connectivity index (χ2v) is 6.18. The summed E-state index contributed by atoms with van der Waals surface area (Å²) in [6.07, 6.45) is 2.84. The van der Waals surface area contributed by atoms with Crippen LogP contribution in [-0.4, -0.2) is 28.0 Å². The first-order chi connectivity index (χ1) is 11.1. The van der Waals surface area contributed by atoms with Crippen molar-refractivity contribution in [2.75, 3.05) is 13.1 Å². The van der Waals surface area contributed by atoms with E-state index in [9.17, 15) is 9.18 Å². The molecule has 1 unspecified atom stereocenters. The summed E-state index contributed by atoms with van der Waals surface area (Å²) in [4.78, 5) is 21.6. The zero-order valence-corrected chi connectivity index (χ0v) is 13.4. The van der Waals surface area contributed by atoms with Crippen LogP contribution >= 0.6 is 0 Å². The van der Waals surface area contributed by atoms with Gasteiger partial charge in [0.1, 0.15) is 11.6 Å². The average Bonchev–Trinajstić information content (AvgIpc) is 2.54. The van der Waals surface area contributed by atoms with Gasteiger partial charge in [-0.15, -0.1) is 0 Å². The molecule has 1 aliphatic rings. The highest BCUT2D eigenvalue weighted by atomic mass is 19.1. The van der Waals surface area contributed by atoms with E-state index in [2.05, 4.69) is 14.9 Å². The summed E-state index contributed by atoms with van der Waals surface area (Å²) in [5.74, 6) is 0.826. The fourth-order valence-electron chi connectivity index (χ4n) is 3.22. The summed E-state index contributed by atoms with van der Waals surface area (Å²) >= 11 is 0. The van der Waals surface area contributed by atoms with E-state index in [1.807, 2.05) is 13.0 Å². The van der Waals surface area contributed by atoms with Crippen LogP contribution in [0.15, 0.2) is 35.1 Å². The normalized spacial score (nSPS) is 19.0. The lowest BCUT2D eigenvalue weighted by Gasteiger charge is -2.32. The quantitative estimate of drug-likeness (QED) is 0.944. The Kier molecular flexibility index (Phi) is 4.86. The number of halogens is 1. The maximum absolute atomic E-state index is 13.3. The highest BCUT2D eigenvalue weighted by molar-refractivity contribution is 5.16. The number of hydrogen-bond donors (Lipinski definition) is 1. The van der Waals surface area contributed by atoms with E-state index in [1.165, 1.54) is 6.07 Å². The molecule has 0 bridgehead atoms. The van der Waals surface area contributed by atoms with Crippen molar-refractivity contribution in [2.24, 2.45) is 0 Å². The number of aromatic nitrogens is 2. The molecule has 0 amide bonds. The van der Waals surface area contributed by atoms with Crippen molar-refractivity contribution in [3.8, 4) is 0 Å². The van der Waals surface area contributed by atoms with E-state index in [1.54, 1.807) is 18.2 Å². The average molecular weight is 315 g/mol. The maximum Gasteiger partial charge on any atom is 0.251 e. The molecule has 0 saturated carbocycles. The Morgan fingerprint density at radius 1 is 1.39 bits per heavy atom. The standard InChI is InChI=1S/C18H22FN3O/c1-2-16-10-17(23)21-18(20-16)14-6-4-8-22(12-14)11-13-5-3-7-15(19)9-13/h3,5,7,9-10,14H,2,4,6,8,11-12H2,1H3,(H,20,21,23). The van der Waals surface area contributed by atoms with Gasteiger partial charge in [0.05, 0.1) is 0 Å². The van der Waals surface area contributed by atoms with Gasteiger partial charge in [-0.1, -0.05) is 19.1 Å². The summed E-state index contributed by atoms with van der Waals surface area (Å²) < 4.78 is 13.3. The molecular weight excluding hydrogens is 293 g/mol. The Bertz CT molecular complexity index is 728. The van der Waals surface area contributed by atoms with Crippen molar-refractivity contribution in [3.63, 3.8) is 0 Å². The van der Waals surface area contributed by atoms with E-state index in [0.29, 0.717) is 0 Å². The summed E-state index contributed by atoms with van der Waals surface area (Å²) in [6.45, 7) is 4.56. The van der Waals surface area contributed by atoms with Gasteiger partial charge in [-0.25, -0.2) is 9.37 Å². The van der Waals surface area contributed by atoms with E-state index in [0.717, 1.165) is 56.0 Å². The van der Waals surface area contributed by atoms with E-state index in [4.69, 9.17) is 0 Å². The van der Waals surface area contributed by atoms with E-state index < -0.39 is 0 Å². The number of H-pyrrole nitrogens is 1. The molecule has 1 aromatic carbocycles. The van der Waals surface area contributed by atoms with Crippen molar-refractivity contribution in [2.45, 2.75) is 38.6 Å². The van der Waals surface area contributed by atoms with Crippen LogP contribution in [0.25, 0.3) is 0 Å². The van der Waals surface area contributed by atoms with Crippen molar-refractivity contribution in [1.29, 1.82) is 0 Å². The van der Waals surface area contributed by atoms with Crippen LogP contribution < -0.4 is 5.56 Å². The molecule has 3 rings (SSSR count). The zero-order valence-electron chi connectivity index (χ0n) is 13.4. The number of likely N-dealkylation sites (tertiary alicyclic amines) is 1. The molecule has 122 valence electrons. The third kappa shape index (κ3) is 4.05. The fourth-order valence-corrected chi connectivity index (χ4v) is 3.22. The van der Waals surface area contributed by atoms with Crippen molar-refractivity contribution < 1.29 is 4.39 Å². The second-order valence-electron chi connectivity index (χ2n) is 6.18. The predicted octanol–water partition coefficient (Wildman–Crippen LogP) is 2.85. The van der Waals surface area contributed by atoms with E-state index >= 15 is 0 Å². The van der Waals surface area contributed by atoms with Gasteiger partial charge in [0.25, 0.3) is 5.56 Å². The zero-order chi connectivity index (χ0) is 16.2. The molecule has 1 aromatic heterocycles. The van der Waals surface area contributed by atoms with Crippen LogP contribution in [0.4, 0.5) is 4.39 Å². The minimum Gasteiger partial charge on any atom is -0.310 e. The Morgan fingerprint density at radius 3 is 3.04 bits per heavy atom. The number of hydrogen-bond acceptors (Lipinski definition) is 3. The first-order valence-corrected chi connectivity index (χ1v) is 8.21. The van der Waals surface area contributed by atoms with Gasteiger partial charge in [-0.2, -0.15) is 0 Å². The van der Waals surface area contributed by atoms with Gasteiger partial charge in [0, 0.05) is 30.8 Å². The maximum atomic E-state index is 13.3. The van der Waals surface area contributed by atoms with Crippen LogP contribution in [0.1, 0.15) is 42.8 Å². The summed E-state index contributed by atoms with van der Waals surface area (Å²) in [5.41, 5.74) is 1.74. The molecule has 0 radical (unpaired) electrons. The largest absolute Gasteiger partial charge is 0.310 e. The number of benzene rings is 1. The van der Waals surface area contributed by atoms with Crippen LogP contribution in [-0.2, 0) is 13.0 Å². The number of nitrogens with zero attached hydrogens (tertiary/aromatic N) is 2. The van der Waals surface area contributed by atoms with E-state index in [-0.39, 0.29) is 17.3 Å². The molecule has 0 aliphatic carbocycles. The molecular formula is C18H22FN3O. The van der Waals surface area contributed by atoms with Crippen molar-refractivity contribution in [3.05, 3.63) is 63.6 Å². The highest BCUT2D eigenvalue weighted by Gasteiger charge is 2.23. The summed E-state index contributed by atoms with van der Waals surface area (Å²) in [6, 6.07) is 8.31. The summed E-state index contributed by atoms with van der Waals surface area (Å²) in [5, 5.41) is 0. The molecule has 1 saturated heterocycles. The molecule has 5 heteroatoms. The molecule has 23 heavy (non-hydrogen) atoms. The molecule has 4 nitrogen and oxygen atoms in total. The monoisotopic (exact) mass is 315 g/mol.